The van der Waals surface area contributed by atoms with Crippen molar-refractivity contribution in [3.8, 4) is 5.75 Å². The van der Waals surface area contributed by atoms with Gasteiger partial charge in [-0.2, -0.15) is 4.98 Å². The van der Waals surface area contributed by atoms with Gasteiger partial charge in [0, 0.05) is 5.75 Å². The molecule has 0 unspecified atom stereocenters. The third-order valence-corrected chi connectivity index (χ3v) is 3.64. The van der Waals surface area contributed by atoms with Crippen LogP contribution in [0.4, 0.5) is 0 Å². The lowest BCUT2D eigenvalue weighted by Crippen LogP contribution is -1.95. The Balaban J connectivity index is 1.87. The molecular formula is C13H17N3O2S. The van der Waals surface area contributed by atoms with Gasteiger partial charge in [0.2, 0.25) is 5.89 Å². The summed E-state index contributed by atoms with van der Waals surface area (Å²) in [4.78, 5) is 8.58. The molecule has 0 aliphatic carbocycles. The van der Waals surface area contributed by atoms with E-state index in [2.05, 4.69) is 15.1 Å². The molecule has 0 N–H and O–H groups in total. The highest BCUT2D eigenvalue weighted by Crippen LogP contribution is 2.29. The van der Waals surface area contributed by atoms with E-state index in [4.69, 9.17) is 9.26 Å². The number of aromatic nitrogens is 3. The minimum absolute atomic E-state index is 0.162. The zero-order valence-electron chi connectivity index (χ0n) is 11.3. The summed E-state index contributed by atoms with van der Waals surface area (Å²) in [6.07, 6.45) is 1.75. The maximum absolute atomic E-state index is 5.36. The van der Waals surface area contributed by atoms with Gasteiger partial charge in [-0.3, -0.25) is 4.98 Å². The molecule has 0 saturated carbocycles. The Kier molecular flexibility index (Phi) is 4.79. The van der Waals surface area contributed by atoms with E-state index in [-0.39, 0.29) is 5.25 Å². The van der Waals surface area contributed by atoms with E-state index in [0.29, 0.717) is 18.3 Å². The summed E-state index contributed by atoms with van der Waals surface area (Å²) in [6, 6.07) is 3.91. The van der Waals surface area contributed by atoms with Gasteiger partial charge in [0.05, 0.1) is 23.7 Å². The fourth-order valence-corrected chi connectivity index (χ4v) is 2.34. The molecule has 2 rings (SSSR count). The zero-order valence-corrected chi connectivity index (χ0v) is 12.1. The van der Waals surface area contributed by atoms with E-state index in [0.717, 1.165) is 17.2 Å². The fraction of sp³-hybridized carbons (Fsp3) is 0.462. The van der Waals surface area contributed by atoms with Gasteiger partial charge >= 0.3 is 0 Å². The normalized spacial score (nSPS) is 12.4. The first-order valence-electron chi connectivity index (χ1n) is 6.18. The van der Waals surface area contributed by atoms with Crippen molar-refractivity contribution in [2.75, 3.05) is 6.61 Å². The van der Waals surface area contributed by atoms with Crippen molar-refractivity contribution in [1.29, 1.82) is 0 Å². The first-order valence-corrected chi connectivity index (χ1v) is 7.23. The number of nitrogens with zero attached hydrogens (tertiary/aromatic N) is 3. The van der Waals surface area contributed by atoms with E-state index >= 15 is 0 Å². The van der Waals surface area contributed by atoms with Crippen molar-refractivity contribution < 1.29 is 9.26 Å². The molecule has 0 aliphatic rings. The Labute approximate surface area is 116 Å². The number of rotatable bonds is 6. The molecule has 1 atom stereocenters. The van der Waals surface area contributed by atoms with Crippen molar-refractivity contribution in [1.82, 2.24) is 15.1 Å². The highest BCUT2D eigenvalue weighted by Gasteiger charge is 2.13. The topological polar surface area (TPSA) is 61.0 Å². The standard InChI is InChI=1S/C13H17N3O2S/c1-4-17-12-6-5-11(14-7-12)8-19-9(2)13-15-10(3)16-18-13/h5-7,9H,4,8H2,1-3H3/t9-/m0/s1. The minimum Gasteiger partial charge on any atom is -0.492 e. The van der Waals surface area contributed by atoms with Crippen LogP contribution in [0, 0.1) is 6.92 Å². The monoisotopic (exact) mass is 279 g/mol. The van der Waals surface area contributed by atoms with Crippen molar-refractivity contribution >= 4 is 11.8 Å². The van der Waals surface area contributed by atoms with E-state index in [1.807, 2.05) is 32.9 Å². The van der Waals surface area contributed by atoms with Crippen molar-refractivity contribution in [2.45, 2.75) is 31.8 Å². The molecule has 0 amide bonds. The molecule has 0 radical (unpaired) electrons. The quantitative estimate of drug-likeness (QED) is 0.809. The Hall–Kier alpha value is -1.56. The van der Waals surface area contributed by atoms with Crippen LogP contribution in [0.15, 0.2) is 22.9 Å². The van der Waals surface area contributed by atoms with E-state index in [1.165, 1.54) is 0 Å². The third kappa shape index (κ3) is 3.96. The number of hydrogen-bond acceptors (Lipinski definition) is 6. The van der Waals surface area contributed by atoms with Crippen LogP contribution in [0.2, 0.25) is 0 Å². The molecule has 0 aromatic carbocycles. The van der Waals surface area contributed by atoms with Crippen LogP contribution < -0.4 is 4.74 Å². The fourth-order valence-electron chi connectivity index (χ4n) is 1.51. The maximum Gasteiger partial charge on any atom is 0.239 e. The molecule has 5 nitrogen and oxygen atoms in total. The van der Waals surface area contributed by atoms with Crippen molar-refractivity contribution in [2.24, 2.45) is 0 Å². The second-order valence-corrected chi connectivity index (χ2v) is 5.38. The molecule has 0 spiro atoms. The first-order chi connectivity index (χ1) is 9.19. The van der Waals surface area contributed by atoms with Crippen LogP contribution in [0.1, 0.15) is 36.5 Å². The third-order valence-electron chi connectivity index (χ3n) is 2.48. The average Bonchev–Trinajstić information content (AvgIpc) is 2.85. The highest BCUT2D eigenvalue weighted by atomic mass is 32.2. The van der Waals surface area contributed by atoms with Crippen LogP contribution in [0.25, 0.3) is 0 Å². The summed E-state index contributed by atoms with van der Waals surface area (Å²) >= 11 is 1.72. The first kappa shape index (κ1) is 13.9. The van der Waals surface area contributed by atoms with E-state index < -0.39 is 0 Å². The molecule has 2 heterocycles. The van der Waals surface area contributed by atoms with Gasteiger partial charge in [0.1, 0.15) is 5.75 Å². The lowest BCUT2D eigenvalue weighted by Gasteiger charge is -2.07. The van der Waals surface area contributed by atoms with Crippen LogP contribution in [-0.4, -0.2) is 21.7 Å². The van der Waals surface area contributed by atoms with Crippen LogP contribution >= 0.6 is 11.8 Å². The zero-order chi connectivity index (χ0) is 13.7. The van der Waals surface area contributed by atoms with Crippen LogP contribution in [0.5, 0.6) is 5.75 Å². The van der Waals surface area contributed by atoms with Crippen LogP contribution in [0.3, 0.4) is 0 Å². The van der Waals surface area contributed by atoms with E-state index in [9.17, 15) is 0 Å². The molecule has 102 valence electrons. The van der Waals surface area contributed by atoms with Gasteiger partial charge in [-0.1, -0.05) is 5.16 Å². The number of aryl methyl sites for hydroxylation is 1. The lowest BCUT2D eigenvalue weighted by molar-refractivity contribution is 0.338. The SMILES string of the molecule is CCOc1ccc(CS[C@@H](C)c2nc(C)no2)nc1. The Bertz CT molecular complexity index is 513. The molecule has 0 saturated heterocycles. The smallest absolute Gasteiger partial charge is 0.239 e. The van der Waals surface area contributed by atoms with Crippen LogP contribution in [-0.2, 0) is 5.75 Å². The molecule has 19 heavy (non-hydrogen) atoms. The molecule has 0 bridgehead atoms. The Morgan fingerprint density at radius 2 is 2.26 bits per heavy atom. The van der Waals surface area contributed by atoms with Crippen molar-refractivity contribution in [3.05, 3.63) is 35.7 Å². The molecular weight excluding hydrogens is 262 g/mol. The maximum atomic E-state index is 5.36. The minimum atomic E-state index is 0.162. The van der Waals surface area contributed by atoms with Gasteiger partial charge in [-0.05, 0) is 32.9 Å². The lowest BCUT2D eigenvalue weighted by atomic mass is 10.4. The van der Waals surface area contributed by atoms with Gasteiger partial charge in [0.25, 0.3) is 0 Å². The van der Waals surface area contributed by atoms with Crippen molar-refractivity contribution in [3.63, 3.8) is 0 Å². The number of ether oxygens (including phenoxy) is 1. The Morgan fingerprint density at radius 1 is 1.42 bits per heavy atom. The summed E-state index contributed by atoms with van der Waals surface area (Å²) in [5.41, 5.74) is 1.01. The second-order valence-electron chi connectivity index (χ2n) is 4.05. The number of pyridine rings is 1. The number of thioether (sulfide) groups is 1. The number of hydrogen-bond donors (Lipinski definition) is 0. The molecule has 2 aromatic heterocycles. The van der Waals surface area contributed by atoms with E-state index in [1.54, 1.807) is 18.0 Å². The Morgan fingerprint density at radius 3 is 2.84 bits per heavy atom. The summed E-state index contributed by atoms with van der Waals surface area (Å²) in [5, 5.41) is 3.95. The average molecular weight is 279 g/mol. The molecule has 0 aliphatic heterocycles. The predicted molar refractivity (Wildman–Crippen MR) is 74.2 cm³/mol. The molecule has 2 aromatic rings. The summed E-state index contributed by atoms with van der Waals surface area (Å²) < 4.78 is 10.5. The second kappa shape index (κ2) is 6.56. The predicted octanol–water partition coefficient (Wildman–Crippen LogP) is 3.17. The van der Waals surface area contributed by atoms with Gasteiger partial charge in [-0.25, -0.2) is 0 Å². The van der Waals surface area contributed by atoms with Gasteiger partial charge in [-0.15, -0.1) is 11.8 Å². The largest absolute Gasteiger partial charge is 0.492 e. The summed E-state index contributed by atoms with van der Waals surface area (Å²) in [7, 11) is 0. The molecule has 0 fully saturated rings. The highest BCUT2D eigenvalue weighted by molar-refractivity contribution is 7.98. The summed E-state index contributed by atoms with van der Waals surface area (Å²) in [5.74, 6) is 2.93. The summed E-state index contributed by atoms with van der Waals surface area (Å²) in [6.45, 7) is 6.48. The van der Waals surface area contributed by atoms with Gasteiger partial charge < -0.3 is 9.26 Å². The van der Waals surface area contributed by atoms with Gasteiger partial charge in [0.15, 0.2) is 5.82 Å². The molecule has 6 heteroatoms.